The first-order chi connectivity index (χ1) is 19.6. The number of hydrogen-bond donors (Lipinski definition) is 1. The van der Waals surface area contributed by atoms with E-state index in [0.29, 0.717) is 48.2 Å². The van der Waals surface area contributed by atoms with Crippen LogP contribution in [0.3, 0.4) is 0 Å². The Labute approximate surface area is 244 Å². The molecule has 1 aliphatic heterocycles. The molecule has 1 amide bonds. The number of pyridine rings is 1. The Morgan fingerprint density at radius 3 is 2.45 bits per heavy atom. The highest BCUT2D eigenvalue weighted by atomic mass is 32.2. The molecular formula is C30H36F3N5O3S. The molecule has 1 saturated heterocycles. The van der Waals surface area contributed by atoms with Gasteiger partial charge in [-0.25, -0.2) is 22.8 Å². The van der Waals surface area contributed by atoms with E-state index in [0.717, 1.165) is 6.42 Å². The van der Waals surface area contributed by atoms with E-state index in [2.05, 4.69) is 30.6 Å². The SMILES string of the molecule is Cc1ccccc1S(=O)(=O)NC(=O)c1ccc(-n2ccc(CCCC3(C(F)(F)F)CC3)n2)nc1N1C[C@@H](C)CC1(C)C. The molecule has 2 aromatic heterocycles. The molecule has 3 heterocycles. The van der Waals surface area contributed by atoms with Crippen molar-refractivity contribution in [3.8, 4) is 5.82 Å². The lowest BCUT2D eigenvalue weighted by Crippen LogP contribution is -2.41. The van der Waals surface area contributed by atoms with E-state index in [9.17, 15) is 26.4 Å². The van der Waals surface area contributed by atoms with Crippen LogP contribution in [0.4, 0.5) is 19.0 Å². The van der Waals surface area contributed by atoms with Crippen LogP contribution in [0.15, 0.2) is 53.6 Å². The predicted octanol–water partition coefficient (Wildman–Crippen LogP) is 5.98. The summed E-state index contributed by atoms with van der Waals surface area (Å²) in [5, 5.41) is 4.54. The number of aryl methyl sites for hydroxylation is 2. The van der Waals surface area contributed by atoms with Crippen LogP contribution >= 0.6 is 0 Å². The molecule has 2 aliphatic rings. The number of nitrogens with one attached hydrogen (secondary N) is 1. The van der Waals surface area contributed by atoms with E-state index in [1.165, 1.54) is 10.7 Å². The van der Waals surface area contributed by atoms with Gasteiger partial charge in [0.1, 0.15) is 5.82 Å². The third-order valence-electron chi connectivity index (χ3n) is 8.47. The van der Waals surface area contributed by atoms with Crippen molar-refractivity contribution in [2.24, 2.45) is 11.3 Å². The lowest BCUT2D eigenvalue weighted by molar-refractivity contribution is -0.189. The lowest BCUT2D eigenvalue weighted by Gasteiger charge is -2.34. The van der Waals surface area contributed by atoms with Crippen molar-refractivity contribution < 1.29 is 26.4 Å². The largest absolute Gasteiger partial charge is 0.394 e. The molecule has 1 aliphatic carbocycles. The first kappa shape index (κ1) is 30.1. The van der Waals surface area contributed by atoms with E-state index in [1.54, 1.807) is 49.5 Å². The highest BCUT2D eigenvalue weighted by Gasteiger charge is 2.62. The van der Waals surface area contributed by atoms with E-state index in [-0.39, 0.29) is 35.3 Å². The Hall–Kier alpha value is -3.41. The fourth-order valence-corrected chi connectivity index (χ4v) is 7.27. The number of rotatable bonds is 9. The molecule has 1 atom stereocenters. The number of anilines is 1. The Kier molecular flexibility index (Phi) is 7.66. The average molecular weight is 604 g/mol. The third-order valence-corrected chi connectivity index (χ3v) is 9.96. The second-order valence-electron chi connectivity index (χ2n) is 12.4. The molecule has 12 heteroatoms. The minimum atomic E-state index is -4.17. The van der Waals surface area contributed by atoms with Gasteiger partial charge in [0.25, 0.3) is 15.9 Å². The van der Waals surface area contributed by atoms with Gasteiger partial charge in [-0.1, -0.05) is 25.1 Å². The first-order valence-corrected chi connectivity index (χ1v) is 15.6. The molecule has 8 nitrogen and oxygen atoms in total. The van der Waals surface area contributed by atoms with Crippen LogP contribution < -0.4 is 9.62 Å². The average Bonchev–Trinajstić information content (AvgIpc) is 3.46. The Balaban J connectivity index is 1.41. The molecule has 226 valence electrons. The van der Waals surface area contributed by atoms with Gasteiger partial charge in [0.2, 0.25) is 0 Å². The number of hydrogen-bond acceptors (Lipinski definition) is 6. The van der Waals surface area contributed by atoms with Crippen LogP contribution in [0.25, 0.3) is 5.82 Å². The summed E-state index contributed by atoms with van der Waals surface area (Å²) in [7, 11) is -4.14. The van der Waals surface area contributed by atoms with Crippen LogP contribution in [0, 0.1) is 18.3 Å². The number of sulfonamides is 1. The molecule has 0 bridgehead atoms. The van der Waals surface area contributed by atoms with Gasteiger partial charge in [-0.3, -0.25) is 4.79 Å². The molecule has 2 fully saturated rings. The van der Waals surface area contributed by atoms with Gasteiger partial charge in [-0.05, 0) is 95.0 Å². The second-order valence-corrected chi connectivity index (χ2v) is 14.0. The normalized spacial score (nSPS) is 19.6. The second kappa shape index (κ2) is 10.7. The van der Waals surface area contributed by atoms with Crippen molar-refractivity contribution >= 4 is 21.7 Å². The minimum Gasteiger partial charge on any atom is -0.350 e. The summed E-state index contributed by atoms with van der Waals surface area (Å²) in [5.41, 5.74) is -0.595. The number of halogens is 3. The van der Waals surface area contributed by atoms with Crippen LogP contribution in [-0.2, 0) is 16.4 Å². The van der Waals surface area contributed by atoms with Crippen LogP contribution in [0.1, 0.15) is 74.5 Å². The quantitative estimate of drug-likeness (QED) is 0.323. The van der Waals surface area contributed by atoms with Crippen LogP contribution in [0.5, 0.6) is 0 Å². The molecule has 1 aromatic carbocycles. The summed E-state index contributed by atoms with van der Waals surface area (Å²) in [6.45, 7) is 8.50. The van der Waals surface area contributed by atoms with Crippen LogP contribution in [-0.4, -0.2) is 47.3 Å². The maximum Gasteiger partial charge on any atom is 0.394 e. The van der Waals surface area contributed by atoms with Crippen molar-refractivity contribution in [2.45, 2.75) is 82.8 Å². The summed E-state index contributed by atoms with van der Waals surface area (Å²) in [6.07, 6.45) is -0.366. The van der Waals surface area contributed by atoms with Gasteiger partial charge in [-0.15, -0.1) is 0 Å². The fraction of sp³-hybridized carbons (Fsp3) is 0.500. The van der Waals surface area contributed by atoms with Gasteiger partial charge in [0, 0.05) is 18.3 Å². The topological polar surface area (TPSA) is 97.2 Å². The first-order valence-electron chi connectivity index (χ1n) is 14.2. The summed E-state index contributed by atoms with van der Waals surface area (Å²) in [4.78, 5) is 20.3. The van der Waals surface area contributed by atoms with Crippen molar-refractivity contribution in [1.82, 2.24) is 19.5 Å². The van der Waals surface area contributed by atoms with Crippen molar-refractivity contribution in [2.75, 3.05) is 11.4 Å². The molecule has 42 heavy (non-hydrogen) atoms. The van der Waals surface area contributed by atoms with Crippen LogP contribution in [0.2, 0.25) is 0 Å². The zero-order valence-electron chi connectivity index (χ0n) is 24.2. The molecule has 0 spiro atoms. The molecule has 1 saturated carbocycles. The number of carbonyl (C=O) groups excluding carboxylic acids is 1. The molecule has 0 radical (unpaired) electrons. The molecular weight excluding hydrogens is 567 g/mol. The Bertz CT molecular complexity index is 1600. The zero-order valence-corrected chi connectivity index (χ0v) is 25.0. The summed E-state index contributed by atoms with van der Waals surface area (Å²) >= 11 is 0. The monoisotopic (exact) mass is 603 g/mol. The zero-order chi connectivity index (χ0) is 30.5. The molecule has 3 aromatic rings. The maximum absolute atomic E-state index is 13.5. The van der Waals surface area contributed by atoms with Crippen molar-refractivity contribution in [3.05, 3.63) is 65.5 Å². The van der Waals surface area contributed by atoms with E-state index >= 15 is 0 Å². The Morgan fingerprint density at radius 2 is 1.83 bits per heavy atom. The molecule has 5 rings (SSSR count). The Morgan fingerprint density at radius 1 is 1.12 bits per heavy atom. The smallest absolute Gasteiger partial charge is 0.350 e. The van der Waals surface area contributed by atoms with Gasteiger partial charge in [0.15, 0.2) is 5.82 Å². The van der Waals surface area contributed by atoms with Crippen molar-refractivity contribution in [1.29, 1.82) is 0 Å². The van der Waals surface area contributed by atoms with E-state index in [1.807, 2.05) is 4.90 Å². The number of carbonyl (C=O) groups is 1. The maximum atomic E-state index is 13.5. The summed E-state index contributed by atoms with van der Waals surface area (Å²) in [6, 6.07) is 11.3. The van der Waals surface area contributed by atoms with E-state index < -0.39 is 27.5 Å². The molecule has 0 unspecified atom stereocenters. The number of alkyl halides is 3. The minimum absolute atomic E-state index is 0.0199. The van der Waals surface area contributed by atoms with Gasteiger partial charge in [0.05, 0.1) is 21.6 Å². The number of aromatic nitrogens is 3. The third kappa shape index (κ3) is 5.91. The summed E-state index contributed by atoms with van der Waals surface area (Å²) in [5.74, 6) is 0.290. The number of benzene rings is 1. The number of nitrogens with zero attached hydrogens (tertiary/aromatic N) is 4. The lowest BCUT2D eigenvalue weighted by atomic mass is 9.97. The molecule has 1 N–H and O–H groups in total. The van der Waals surface area contributed by atoms with Crippen molar-refractivity contribution in [3.63, 3.8) is 0 Å². The van der Waals surface area contributed by atoms with E-state index in [4.69, 9.17) is 4.98 Å². The fourth-order valence-electron chi connectivity index (χ4n) is 6.05. The number of amides is 1. The highest BCUT2D eigenvalue weighted by Crippen LogP contribution is 2.60. The predicted molar refractivity (Wildman–Crippen MR) is 153 cm³/mol. The van der Waals surface area contributed by atoms with Gasteiger partial charge < -0.3 is 4.90 Å². The van der Waals surface area contributed by atoms with Gasteiger partial charge in [-0.2, -0.15) is 18.3 Å². The van der Waals surface area contributed by atoms with Gasteiger partial charge >= 0.3 is 6.18 Å². The highest BCUT2D eigenvalue weighted by molar-refractivity contribution is 7.90. The standard InChI is InChI=1S/C30H36F3N5O3S/c1-20-18-28(3,4)37(19-20)26-23(27(39)36-42(40,41)24-10-6-5-8-21(24)2)11-12-25(34-26)38-17-13-22(35-38)9-7-14-29(15-16-29)30(31,32)33/h5-6,8,10-13,17,20H,7,9,14-16,18-19H2,1-4H3,(H,36,39)/t20-/m0/s1. The summed E-state index contributed by atoms with van der Waals surface area (Å²) < 4.78 is 69.8.